The number of amides is 1. The van der Waals surface area contributed by atoms with Gasteiger partial charge in [0.05, 0.1) is 22.0 Å². The quantitative estimate of drug-likeness (QED) is 0.384. The maximum atomic E-state index is 12.5. The summed E-state index contributed by atoms with van der Waals surface area (Å²) in [6.07, 6.45) is 1.71. The molecule has 0 aliphatic heterocycles. The summed E-state index contributed by atoms with van der Waals surface area (Å²) in [6.45, 7) is 2.63. The third kappa shape index (κ3) is 4.28. The highest BCUT2D eigenvalue weighted by Crippen LogP contribution is 2.31. The Morgan fingerprint density at radius 3 is 2.77 bits per heavy atom. The maximum Gasteiger partial charge on any atom is 0.234 e. The largest absolute Gasteiger partial charge is 0.323 e. The monoisotopic (exact) mass is 457 g/mol. The molecule has 0 spiro atoms. The van der Waals surface area contributed by atoms with Gasteiger partial charge in [-0.25, -0.2) is 0 Å². The fraction of sp³-hybridized carbons (Fsp3) is 0.143. The van der Waals surface area contributed by atoms with Crippen molar-refractivity contribution >= 4 is 57.5 Å². The Hall–Kier alpha value is -2.61. The van der Waals surface area contributed by atoms with Crippen LogP contribution < -0.4 is 5.32 Å². The van der Waals surface area contributed by atoms with Crippen LogP contribution in [0.1, 0.15) is 6.92 Å². The zero-order valence-electron chi connectivity index (χ0n) is 16.0. The van der Waals surface area contributed by atoms with E-state index in [1.165, 1.54) is 11.8 Å². The molecule has 0 radical (unpaired) electrons. The number of carbonyl (C=O) groups excluding carboxylic acids is 1. The number of fused-ring (bicyclic) bond motifs is 1. The first kappa shape index (κ1) is 20.7. The molecule has 2 heterocycles. The number of halogens is 2. The van der Waals surface area contributed by atoms with Gasteiger partial charge in [-0.2, -0.15) is 0 Å². The van der Waals surface area contributed by atoms with Crippen molar-refractivity contribution in [3.05, 3.63) is 64.8 Å². The van der Waals surface area contributed by atoms with Crippen molar-refractivity contribution < 1.29 is 4.79 Å². The molecule has 0 aliphatic carbocycles. The predicted molar refractivity (Wildman–Crippen MR) is 122 cm³/mol. The highest BCUT2D eigenvalue weighted by Gasteiger charge is 2.17. The van der Waals surface area contributed by atoms with Crippen LogP contribution in [0.5, 0.6) is 0 Å². The number of hydrogen-bond acceptors (Lipinski definition) is 5. The number of carbonyl (C=O) groups is 1. The van der Waals surface area contributed by atoms with Gasteiger partial charge >= 0.3 is 0 Å². The summed E-state index contributed by atoms with van der Waals surface area (Å²) in [6, 6.07) is 14.8. The Morgan fingerprint density at radius 2 is 1.97 bits per heavy atom. The van der Waals surface area contributed by atoms with Crippen LogP contribution in [0.2, 0.25) is 10.0 Å². The molecule has 0 bridgehead atoms. The summed E-state index contributed by atoms with van der Waals surface area (Å²) in [5.41, 5.74) is 2.19. The molecule has 1 amide bonds. The fourth-order valence-electron chi connectivity index (χ4n) is 3.07. The fourth-order valence-corrected chi connectivity index (χ4v) is 4.37. The van der Waals surface area contributed by atoms with Crippen molar-refractivity contribution in [1.82, 2.24) is 19.7 Å². The van der Waals surface area contributed by atoms with Gasteiger partial charge in [0.15, 0.2) is 11.0 Å². The number of nitrogens with one attached hydrogen (secondary N) is 1. The Morgan fingerprint density at radius 1 is 1.13 bits per heavy atom. The number of benzene rings is 2. The smallest absolute Gasteiger partial charge is 0.234 e. The molecule has 0 unspecified atom stereocenters. The number of para-hydroxylation sites is 1. The lowest BCUT2D eigenvalue weighted by Gasteiger charge is -2.10. The van der Waals surface area contributed by atoms with Crippen molar-refractivity contribution in [3.8, 4) is 11.4 Å². The van der Waals surface area contributed by atoms with Gasteiger partial charge in [0, 0.05) is 28.7 Å². The lowest BCUT2D eigenvalue weighted by atomic mass is 10.2. The molecule has 6 nitrogen and oxygen atoms in total. The number of hydrogen-bond donors (Lipinski definition) is 1. The molecule has 0 saturated heterocycles. The van der Waals surface area contributed by atoms with Gasteiger partial charge in [-0.3, -0.25) is 9.78 Å². The van der Waals surface area contributed by atoms with Crippen LogP contribution in [-0.4, -0.2) is 31.4 Å². The molecule has 2 aromatic carbocycles. The van der Waals surface area contributed by atoms with Crippen LogP contribution >= 0.6 is 35.0 Å². The van der Waals surface area contributed by atoms with Gasteiger partial charge in [0.25, 0.3) is 0 Å². The van der Waals surface area contributed by atoms with E-state index in [-0.39, 0.29) is 11.7 Å². The average molecular weight is 458 g/mol. The second-order valence-electron chi connectivity index (χ2n) is 6.39. The zero-order valence-corrected chi connectivity index (χ0v) is 18.3. The van der Waals surface area contributed by atoms with E-state index in [9.17, 15) is 4.79 Å². The normalized spacial score (nSPS) is 11.0. The van der Waals surface area contributed by atoms with E-state index in [0.717, 1.165) is 16.5 Å². The molecule has 0 fully saturated rings. The van der Waals surface area contributed by atoms with Crippen LogP contribution in [0.3, 0.4) is 0 Å². The zero-order chi connectivity index (χ0) is 21.1. The number of thioether (sulfide) groups is 1. The number of rotatable bonds is 6. The lowest BCUT2D eigenvalue weighted by Crippen LogP contribution is -2.15. The maximum absolute atomic E-state index is 12.5. The standard InChI is InChI=1S/C21H17Cl2N5OS/c1-2-28-20(15-9-8-14(22)11-16(15)23)26-27-21(28)30-12-18(29)25-17-7-3-5-13-6-4-10-24-19(13)17/h3-11H,2,12H2,1H3,(H,25,29). The van der Waals surface area contributed by atoms with Gasteiger partial charge in [-0.1, -0.05) is 53.2 Å². The number of aromatic nitrogens is 4. The Balaban J connectivity index is 1.50. The van der Waals surface area contributed by atoms with Gasteiger partial charge in [0.1, 0.15) is 0 Å². The Kier molecular flexibility index (Phi) is 6.22. The number of pyridine rings is 1. The van der Waals surface area contributed by atoms with E-state index in [2.05, 4.69) is 20.5 Å². The molecular formula is C21H17Cl2N5OS. The lowest BCUT2D eigenvalue weighted by molar-refractivity contribution is -0.113. The van der Waals surface area contributed by atoms with Gasteiger partial charge < -0.3 is 9.88 Å². The van der Waals surface area contributed by atoms with Gasteiger partial charge in [-0.15, -0.1) is 10.2 Å². The Labute approximate surface area is 187 Å². The first-order valence-electron chi connectivity index (χ1n) is 9.22. The van der Waals surface area contributed by atoms with Crippen LogP contribution in [-0.2, 0) is 11.3 Å². The molecule has 152 valence electrons. The van der Waals surface area contributed by atoms with E-state index in [0.29, 0.717) is 33.3 Å². The minimum absolute atomic E-state index is 0.144. The summed E-state index contributed by atoms with van der Waals surface area (Å²) in [4.78, 5) is 16.9. The summed E-state index contributed by atoms with van der Waals surface area (Å²) in [5, 5.41) is 14.1. The van der Waals surface area contributed by atoms with Crippen molar-refractivity contribution in [3.63, 3.8) is 0 Å². The summed E-state index contributed by atoms with van der Waals surface area (Å²) >= 11 is 13.6. The molecule has 9 heteroatoms. The van der Waals surface area contributed by atoms with Crippen molar-refractivity contribution in [2.24, 2.45) is 0 Å². The first-order chi connectivity index (χ1) is 14.6. The third-order valence-electron chi connectivity index (χ3n) is 4.44. The SMILES string of the molecule is CCn1c(SCC(=O)Nc2cccc3cccnc23)nnc1-c1ccc(Cl)cc1Cl. The van der Waals surface area contributed by atoms with Crippen molar-refractivity contribution in [1.29, 1.82) is 0 Å². The molecular weight excluding hydrogens is 441 g/mol. The van der Waals surface area contributed by atoms with E-state index in [4.69, 9.17) is 23.2 Å². The van der Waals surface area contributed by atoms with Crippen LogP contribution in [0.15, 0.2) is 59.9 Å². The van der Waals surface area contributed by atoms with Crippen molar-refractivity contribution in [2.45, 2.75) is 18.6 Å². The summed E-state index contributed by atoms with van der Waals surface area (Å²) < 4.78 is 1.92. The van der Waals surface area contributed by atoms with E-state index < -0.39 is 0 Å². The minimum Gasteiger partial charge on any atom is -0.323 e. The molecule has 4 rings (SSSR count). The summed E-state index contributed by atoms with van der Waals surface area (Å²) in [7, 11) is 0. The topological polar surface area (TPSA) is 72.7 Å². The number of anilines is 1. The summed E-state index contributed by atoms with van der Waals surface area (Å²) in [5.74, 6) is 0.686. The minimum atomic E-state index is -0.144. The van der Waals surface area contributed by atoms with Crippen molar-refractivity contribution in [2.75, 3.05) is 11.1 Å². The molecule has 4 aromatic rings. The molecule has 1 N–H and O–H groups in total. The predicted octanol–water partition coefficient (Wildman–Crippen LogP) is 5.55. The van der Waals surface area contributed by atoms with E-state index in [1.54, 1.807) is 18.3 Å². The average Bonchev–Trinajstić information content (AvgIpc) is 3.15. The van der Waals surface area contributed by atoms with E-state index in [1.807, 2.05) is 47.9 Å². The third-order valence-corrected chi connectivity index (χ3v) is 5.96. The van der Waals surface area contributed by atoms with Gasteiger partial charge in [0.2, 0.25) is 5.91 Å². The second kappa shape index (κ2) is 9.04. The molecule has 0 saturated carbocycles. The molecule has 0 aliphatic rings. The van der Waals surface area contributed by atoms with Gasteiger partial charge in [-0.05, 0) is 37.3 Å². The van der Waals surface area contributed by atoms with Crippen LogP contribution in [0, 0.1) is 0 Å². The first-order valence-corrected chi connectivity index (χ1v) is 11.0. The van der Waals surface area contributed by atoms with Crippen LogP contribution in [0.4, 0.5) is 5.69 Å². The van der Waals surface area contributed by atoms with E-state index >= 15 is 0 Å². The second-order valence-corrected chi connectivity index (χ2v) is 8.18. The molecule has 0 atom stereocenters. The Bertz CT molecular complexity index is 1220. The highest BCUT2D eigenvalue weighted by molar-refractivity contribution is 7.99. The molecule has 30 heavy (non-hydrogen) atoms. The molecule has 2 aromatic heterocycles. The highest BCUT2D eigenvalue weighted by atomic mass is 35.5. The van der Waals surface area contributed by atoms with Crippen LogP contribution in [0.25, 0.3) is 22.3 Å². The number of nitrogens with zero attached hydrogens (tertiary/aromatic N) is 4.